The summed E-state index contributed by atoms with van der Waals surface area (Å²) in [6.45, 7) is 2.19. The Bertz CT molecular complexity index is 1450. The van der Waals surface area contributed by atoms with Crippen molar-refractivity contribution >= 4 is 41.1 Å². The fourth-order valence-electron chi connectivity index (χ4n) is 5.39. The van der Waals surface area contributed by atoms with Gasteiger partial charge in [-0.15, -0.1) is 0 Å². The number of urea groups is 1. The summed E-state index contributed by atoms with van der Waals surface area (Å²) in [6.07, 6.45) is -0.0814. The van der Waals surface area contributed by atoms with Crippen LogP contribution in [0, 0.1) is 5.82 Å². The van der Waals surface area contributed by atoms with Crippen LogP contribution in [0.3, 0.4) is 0 Å². The lowest BCUT2D eigenvalue weighted by molar-refractivity contribution is -0.164. The van der Waals surface area contributed by atoms with E-state index in [1.807, 2.05) is 36.4 Å². The minimum absolute atomic E-state index is 0.0700. The average molecular weight is 589 g/mol. The molecule has 5 rings (SSSR count). The second-order valence-corrected chi connectivity index (χ2v) is 11.5. The van der Waals surface area contributed by atoms with Crippen molar-refractivity contribution in [3.05, 3.63) is 101 Å². The van der Waals surface area contributed by atoms with Gasteiger partial charge in [-0.05, 0) is 60.9 Å². The Hall–Kier alpha value is -4.18. The second-order valence-electron chi connectivity index (χ2n) is 10.5. The lowest BCUT2D eigenvalue weighted by Crippen LogP contribution is -2.72. The summed E-state index contributed by atoms with van der Waals surface area (Å²) >= 11 is 1.57. The van der Waals surface area contributed by atoms with Crippen molar-refractivity contribution in [2.45, 2.75) is 37.7 Å². The van der Waals surface area contributed by atoms with Crippen molar-refractivity contribution in [3.8, 4) is 0 Å². The highest BCUT2D eigenvalue weighted by Gasteiger charge is 2.48. The fourth-order valence-corrected chi connectivity index (χ4v) is 6.46. The molecule has 3 aromatic carbocycles. The molecule has 1 N–H and O–H groups in total. The van der Waals surface area contributed by atoms with Crippen LogP contribution in [0.2, 0.25) is 0 Å². The van der Waals surface area contributed by atoms with Gasteiger partial charge in [0.15, 0.2) is 5.78 Å². The first-order valence-corrected chi connectivity index (χ1v) is 15.1. The third-order valence-corrected chi connectivity index (χ3v) is 8.69. The molecule has 4 amide bonds. The van der Waals surface area contributed by atoms with E-state index >= 15 is 0 Å². The van der Waals surface area contributed by atoms with Crippen LogP contribution in [0.5, 0.6) is 0 Å². The predicted molar refractivity (Wildman–Crippen MR) is 160 cm³/mol. The number of fused-ring (bicyclic) bond motifs is 1. The maximum Gasteiger partial charge on any atom is 0.323 e. The van der Waals surface area contributed by atoms with Crippen molar-refractivity contribution < 1.29 is 23.6 Å². The maximum absolute atomic E-state index is 13.8. The SMILES string of the molecule is CC(=O)c1ccc(NC(=O)N2CCC(=O)N3[C@H](CSCc4ccccc4)C(=O)N(CCc4cccc(F)c4)C[C@H]23)cc1. The molecule has 42 heavy (non-hydrogen) atoms. The number of Topliss-reactive ketones (excluding diaryl/α,β-unsaturated/α-hetero) is 1. The molecule has 3 aromatic rings. The number of ketones is 1. The Balaban J connectivity index is 1.36. The molecule has 2 aliphatic rings. The van der Waals surface area contributed by atoms with Crippen molar-refractivity contribution in [3.63, 3.8) is 0 Å². The topological polar surface area (TPSA) is 90.0 Å². The number of benzene rings is 3. The monoisotopic (exact) mass is 588 g/mol. The number of nitrogens with one attached hydrogen (secondary N) is 1. The fraction of sp³-hybridized carbons (Fsp3) is 0.312. The molecular formula is C32H33FN4O4S. The molecule has 2 saturated heterocycles. The van der Waals surface area contributed by atoms with Crippen LogP contribution in [0.15, 0.2) is 78.9 Å². The minimum Gasteiger partial charge on any atom is -0.337 e. The molecule has 0 unspecified atom stereocenters. The van der Waals surface area contributed by atoms with Gasteiger partial charge in [0.05, 0.1) is 6.54 Å². The first-order chi connectivity index (χ1) is 20.3. The van der Waals surface area contributed by atoms with Crippen molar-refractivity contribution in [2.24, 2.45) is 0 Å². The highest BCUT2D eigenvalue weighted by atomic mass is 32.2. The molecule has 0 bridgehead atoms. The number of anilines is 1. The molecule has 10 heteroatoms. The van der Waals surface area contributed by atoms with Crippen LogP contribution in [0.4, 0.5) is 14.9 Å². The number of hydrogen-bond donors (Lipinski definition) is 1. The maximum atomic E-state index is 13.8. The lowest BCUT2D eigenvalue weighted by atomic mass is 10.0. The van der Waals surface area contributed by atoms with Gasteiger partial charge < -0.3 is 20.0 Å². The molecule has 2 atom stereocenters. The lowest BCUT2D eigenvalue weighted by Gasteiger charge is -2.52. The number of rotatable bonds is 9. The molecule has 0 aromatic heterocycles. The number of thioether (sulfide) groups is 1. The molecule has 0 aliphatic carbocycles. The summed E-state index contributed by atoms with van der Waals surface area (Å²) in [4.78, 5) is 57.1. The Kier molecular flexibility index (Phi) is 9.22. The summed E-state index contributed by atoms with van der Waals surface area (Å²) in [7, 11) is 0. The number of halogens is 1. The van der Waals surface area contributed by atoms with E-state index in [9.17, 15) is 23.6 Å². The van der Waals surface area contributed by atoms with Crippen LogP contribution in [0.1, 0.15) is 34.8 Å². The summed E-state index contributed by atoms with van der Waals surface area (Å²) in [5.41, 5.74) is 2.95. The Morgan fingerprint density at radius 2 is 1.71 bits per heavy atom. The van der Waals surface area contributed by atoms with Gasteiger partial charge in [0.25, 0.3) is 0 Å². The van der Waals surface area contributed by atoms with Crippen LogP contribution >= 0.6 is 11.8 Å². The zero-order valence-corrected chi connectivity index (χ0v) is 24.2. The Morgan fingerprint density at radius 3 is 2.43 bits per heavy atom. The smallest absolute Gasteiger partial charge is 0.323 e. The first kappa shape index (κ1) is 29.3. The highest BCUT2D eigenvalue weighted by Crippen LogP contribution is 2.29. The number of nitrogens with zero attached hydrogens (tertiary/aromatic N) is 3. The van der Waals surface area contributed by atoms with Crippen molar-refractivity contribution in [1.82, 2.24) is 14.7 Å². The van der Waals surface area contributed by atoms with E-state index in [4.69, 9.17) is 0 Å². The minimum atomic E-state index is -0.733. The molecule has 0 saturated carbocycles. The van der Waals surface area contributed by atoms with Crippen LogP contribution < -0.4 is 5.32 Å². The quantitative estimate of drug-likeness (QED) is 0.363. The van der Waals surface area contributed by atoms with E-state index in [1.54, 1.807) is 56.8 Å². The number of piperazine rings is 1. The summed E-state index contributed by atoms with van der Waals surface area (Å²) in [6, 6.07) is 21.7. The van der Waals surface area contributed by atoms with Gasteiger partial charge in [-0.2, -0.15) is 11.8 Å². The third-order valence-electron chi connectivity index (χ3n) is 7.60. The summed E-state index contributed by atoms with van der Waals surface area (Å²) < 4.78 is 13.8. The molecular weight excluding hydrogens is 555 g/mol. The molecule has 218 valence electrons. The zero-order valence-electron chi connectivity index (χ0n) is 23.4. The van der Waals surface area contributed by atoms with Gasteiger partial charge in [-0.3, -0.25) is 14.4 Å². The van der Waals surface area contributed by atoms with Gasteiger partial charge >= 0.3 is 6.03 Å². The Labute approximate surface area is 248 Å². The number of hydrogen-bond acceptors (Lipinski definition) is 5. The number of amides is 4. The second kappa shape index (κ2) is 13.2. The van der Waals surface area contributed by atoms with Crippen LogP contribution in [0.25, 0.3) is 0 Å². The normalized spacial score (nSPS) is 18.6. The molecule has 8 nitrogen and oxygen atoms in total. The standard InChI is InChI=1S/C32H33FN4O4S/c1-22(38)25-10-12-27(13-11-25)34-32(41)36-17-15-30(39)37-28(21-42-20-24-6-3-2-4-7-24)31(40)35(19-29(36)37)16-14-23-8-5-9-26(33)18-23/h2-13,18,28-29H,14-17,19-21H2,1H3,(H,34,41)/t28-,29-/m1/s1. The third kappa shape index (κ3) is 6.82. The van der Waals surface area contributed by atoms with Gasteiger partial charge in [0.2, 0.25) is 11.8 Å². The van der Waals surface area contributed by atoms with Gasteiger partial charge in [0, 0.05) is 42.3 Å². The van der Waals surface area contributed by atoms with Crippen LogP contribution in [-0.2, 0) is 21.8 Å². The van der Waals surface area contributed by atoms with E-state index in [-0.39, 0.29) is 49.0 Å². The molecule has 0 radical (unpaired) electrons. The largest absolute Gasteiger partial charge is 0.337 e. The van der Waals surface area contributed by atoms with Crippen molar-refractivity contribution in [2.75, 3.05) is 30.7 Å². The van der Waals surface area contributed by atoms with E-state index in [0.717, 1.165) is 11.1 Å². The molecule has 2 aliphatic heterocycles. The van der Waals surface area contributed by atoms with E-state index in [2.05, 4.69) is 5.32 Å². The average Bonchev–Trinajstić information content (AvgIpc) is 2.98. The van der Waals surface area contributed by atoms with Gasteiger partial charge in [-0.1, -0.05) is 42.5 Å². The zero-order chi connectivity index (χ0) is 29.6. The predicted octanol–water partition coefficient (Wildman–Crippen LogP) is 4.81. The Morgan fingerprint density at radius 1 is 0.976 bits per heavy atom. The first-order valence-electron chi connectivity index (χ1n) is 13.9. The van der Waals surface area contributed by atoms with E-state index < -0.39 is 12.2 Å². The van der Waals surface area contributed by atoms with E-state index in [0.29, 0.717) is 35.7 Å². The van der Waals surface area contributed by atoms with Crippen LogP contribution in [-0.4, -0.2) is 75.9 Å². The highest BCUT2D eigenvalue weighted by molar-refractivity contribution is 7.98. The number of carbonyl (C=O) groups is 4. The van der Waals surface area contributed by atoms with E-state index in [1.165, 1.54) is 19.1 Å². The summed E-state index contributed by atoms with van der Waals surface area (Å²) in [5.74, 6) is 0.336. The summed E-state index contributed by atoms with van der Waals surface area (Å²) in [5, 5.41) is 2.88. The van der Waals surface area contributed by atoms with Gasteiger partial charge in [0.1, 0.15) is 18.0 Å². The number of carbonyl (C=O) groups excluding carboxylic acids is 4. The van der Waals surface area contributed by atoms with Crippen molar-refractivity contribution in [1.29, 1.82) is 0 Å². The molecule has 0 spiro atoms. The molecule has 2 fully saturated rings. The van der Waals surface area contributed by atoms with Gasteiger partial charge in [-0.25, -0.2) is 9.18 Å². The molecule has 2 heterocycles.